The van der Waals surface area contributed by atoms with Crippen molar-refractivity contribution in [3.8, 4) is 111 Å². The Morgan fingerprint density at radius 2 is 0.479 bits per heavy atom. The number of benzene rings is 19. The van der Waals surface area contributed by atoms with Crippen molar-refractivity contribution in [2.24, 2.45) is 0 Å². The van der Waals surface area contributed by atoms with Crippen LogP contribution in [0.5, 0.6) is 0 Å². The number of rotatable bonds is 9. The highest BCUT2D eigenvalue weighted by molar-refractivity contribution is 7.27. The fraction of sp³-hybridized carbons (Fsp3) is 0.102. The zero-order chi connectivity index (χ0) is 80.8. The second-order valence-corrected chi connectivity index (χ2v) is 38.4. The first kappa shape index (κ1) is 70.5. The molecular weight excluding hydrogens is 1500 g/mol. The molecule has 0 radical (unpaired) electrons. The molecule has 0 fully saturated rings. The molecule has 2 heterocycles. The lowest BCUT2D eigenvalue weighted by Gasteiger charge is -2.33. The molecule has 0 saturated heterocycles. The van der Waals surface area contributed by atoms with Crippen LogP contribution in [0.1, 0.15) is 99.9 Å². The predicted octanol–water partition coefficient (Wildman–Crippen LogP) is 33.7. The average Bonchev–Trinajstić information content (AvgIpc) is 1.51. The maximum atomic E-state index is 2.64. The Kier molecular flexibility index (Phi) is 14.9. The molecule has 1 nitrogen and oxygen atoms in total. The molecule has 572 valence electrons. The zero-order valence-corrected chi connectivity index (χ0v) is 70.5. The van der Waals surface area contributed by atoms with Crippen LogP contribution in [0.3, 0.4) is 0 Å². The Hall–Kier alpha value is -13.5. The van der Waals surface area contributed by atoms with E-state index in [1.165, 1.54) is 239 Å². The van der Waals surface area contributed by atoms with E-state index in [9.17, 15) is 0 Å². The van der Waals surface area contributed by atoms with E-state index in [2.05, 4.69) is 418 Å². The predicted molar refractivity (Wildman–Crippen MR) is 520 cm³/mol. The maximum absolute atomic E-state index is 2.64. The Morgan fingerprint density at radius 1 is 0.198 bits per heavy atom. The fourth-order valence-electron chi connectivity index (χ4n) is 23.2. The summed E-state index contributed by atoms with van der Waals surface area (Å²) in [7, 11) is 0. The van der Waals surface area contributed by atoms with Gasteiger partial charge in [-0.25, -0.2) is 0 Å². The van der Waals surface area contributed by atoms with Gasteiger partial charge in [0, 0.05) is 90.1 Å². The monoisotopic (exact) mass is 1580 g/mol. The van der Waals surface area contributed by atoms with Gasteiger partial charge in [0.2, 0.25) is 0 Å². The standard InChI is InChI=1S/C118H83NS2/c1-115(2)92-64-73(101-81-45-25-21-41-77(81)99(70-37-17-11-18-38-70)78-42-22-26-46-82(78)101)53-58-85(92)103-105-89-49-29-31-51-97(89)120-113(105)107-87-60-56-75(66-94(87)117(5,6)111(107)109(103)115)119(96-62-55-72(68-33-13-9-14-34-68)63-91(96)69-35-15-10-16-36-69)76-57-61-88-95(67-76)118(7,8)112-108(88)114-106(90-50-30-32-52-98(90)121-114)104-86-59-54-74(65-93(86)116(3,4)110(104)112)102-83-47-27-23-43-79(83)100(71-39-19-12-20-40-71)80-44-24-28-48-84(80)102/h9-67H,1-8H3. The van der Waals surface area contributed by atoms with Gasteiger partial charge in [-0.2, -0.15) is 0 Å². The number of thiophene rings is 2. The van der Waals surface area contributed by atoms with Gasteiger partial charge < -0.3 is 4.90 Å². The molecule has 2 aromatic heterocycles. The minimum atomic E-state index is -0.445. The van der Waals surface area contributed by atoms with Crippen LogP contribution in [0.15, 0.2) is 358 Å². The van der Waals surface area contributed by atoms with Crippen molar-refractivity contribution >= 4 is 123 Å². The van der Waals surface area contributed by atoms with Crippen molar-refractivity contribution < 1.29 is 0 Å². The van der Waals surface area contributed by atoms with E-state index in [4.69, 9.17) is 0 Å². The lowest BCUT2D eigenvalue weighted by atomic mass is 9.71. The minimum Gasteiger partial charge on any atom is -0.310 e. The third-order valence-corrected chi connectivity index (χ3v) is 30.8. The zero-order valence-electron chi connectivity index (χ0n) is 68.8. The highest BCUT2D eigenvalue weighted by Crippen LogP contribution is 2.68. The third kappa shape index (κ3) is 9.73. The summed E-state index contributed by atoms with van der Waals surface area (Å²) in [5.74, 6) is 0. The van der Waals surface area contributed by atoms with Crippen LogP contribution in [0.4, 0.5) is 17.1 Å². The van der Waals surface area contributed by atoms with Crippen LogP contribution >= 0.6 is 22.7 Å². The van der Waals surface area contributed by atoms with Gasteiger partial charge in [0.1, 0.15) is 0 Å². The van der Waals surface area contributed by atoms with Crippen molar-refractivity contribution in [2.75, 3.05) is 4.90 Å². The van der Waals surface area contributed by atoms with Gasteiger partial charge in [0.05, 0.1) is 5.69 Å². The van der Waals surface area contributed by atoms with E-state index in [-0.39, 0.29) is 0 Å². The fourth-order valence-corrected chi connectivity index (χ4v) is 25.8. The summed E-state index contributed by atoms with van der Waals surface area (Å²) in [5.41, 5.74) is 38.6. The summed E-state index contributed by atoms with van der Waals surface area (Å²) in [6, 6.07) is 137. The quantitative estimate of drug-likeness (QED) is 0.130. The molecule has 0 aliphatic heterocycles. The molecule has 21 aromatic rings. The maximum Gasteiger partial charge on any atom is 0.0540 e. The molecule has 4 aliphatic carbocycles. The average molecular weight is 1580 g/mol. The van der Waals surface area contributed by atoms with E-state index in [0.29, 0.717) is 0 Å². The SMILES string of the molecule is CC1(C)c2cc(N(c3ccc4c(c3)C(C)(C)c3c5c(c6c(sc7ccccc76)c3-4)-c3ccc(-c4c6ccccc6c(-c6ccccc6)c6ccccc46)cc3C5(C)C)c3ccc(-c4ccccc4)cc3-c3ccccc3)ccc2-c2c1c1c(c3c2sc2ccccc23)-c2ccc(-c3c4ccccc4c(-c4ccccc4)c4ccccc34)cc2C1(C)C. The molecule has 4 aliphatic rings. The Balaban J connectivity index is 0.680. The molecule has 0 spiro atoms. The summed E-state index contributed by atoms with van der Waals surface area (Å²) < 4.78 is 5.38. The molecule has 0 atom stereocenters. The summed E-state index contributed by atoms with van der Waals surface area (Å²) in [5, 5.41) is 15.6. The van der Waals surface area contributed by atoms with E-state index >= 15 is 0 Å². The number of fused-ring (bicyclic) bond motifs is 28. The molecule has 3 heteroatoms. The van der Waals surface area contributed by atoms with Crippen LogP contribution in [0, 0.1) is 0 Å². The number of hydrogen-bond donors (Lipinski definition) is 0. The van der Waals surface area contributed by atoms with Crippen LogP contribution in [-0.2, 0) is 21.7 Å². The first-order valence-electron chi connectivity index (χ1n) is 42.8. The highest BCUT2D eigenvalue weighted by Gasteiger charge is 2.51. The molecule has 0 amide bonds. The van der Waals surface area contributed by atoms with Crippen molar-refractivity contribution in [3.63, 3.8) is 0 Å². The molecule has 0 N–H and O–H groups in total. The second-order valence-electron chi connectivity index (χ2n) is 36.3. The third-order valence-electron chi connectivity index (χ3n) is 28.5. The molecule has 19 aromatic carbocycles. The molecule has 25 rings (SSSR count). The summed E-state index contributed by atoms with van der Waals surface area (Å²) in [6.07, 6.45) is 0. The van der Waals surface area contributed by atoms with Crippen LogP contribution in [0.25, 0.3) is 195 Å². The molecule has 0 saturated carbocycles. The Morgan fingerprint density at radius 3 is 0.851 bits per heavy atom. The number of nitrogens with zero attached hydrogens (tertiary/aromatic N) is 1. The number of hydrogen-bond acceptors (Lipinski definition) is 3. The lowest BCUT2D eigenvalue weighted by molar-refractivity contribution is 0.602. The first-order valence-corrected chi connectivity index (χ1v) is 44.4. The van der Waals surface area contributed by atoms with Gasteiger partial charge in [0.15, 0.2) is 0 Å². The van der Waals surface area contributed by atoms with Crippen molar-refractivity contribution in [2.45, 2.75) is 77.0 Å². The van der Waals surface area contributed by atoms with Crippen LogP contribution in [-0.4, -0.2) is 0 Å². The number of anilines is 3. The summed E-state index contributed by atoms with van der Waals surface area (Å²) in [4.78, 5) is 2.64. The molecular formula is C118H83NS2. The Labute approximate surface area is 713 Å². The van der Waals surface area contributed by atoms with Gasteiger partial charge >= 0.3 is 0 Å². The summed E-state index contributed by atoms with van der Waals surface area (Å²) in [6.45, 7) is 20.3. The van der Waals surface area contributed by atoms with Crippen molar-refractivity contribution in [1.82, 2.24) is 0 Å². The normalized spacial score (nSPS) is 14.5. The van der Waals surface area contributed by atoms with Gasteiger partial charge in [-0.05, 0) is 243 Å². The van der Waals surface area contributed by atoms with E-state index in [1.54, 1.807) is 0 Å². The van der Waals surface area contributed by atoms with Crippen molar-refractivity contribution in [1.29, 1.82) is 0 Å². The molecule has 0 bridgehead atoms. The van der Waals surface area contributed by atoms with Crippen molar-refractivity contribution in [3.05, 3.63) is 402 Å². The van der Waals surface area contributed by atoms with Gasteiger partial charge in [0.25, 0.3) is 0 Å². The lowest BCUT2D eigenvalue weighted by Crippen LogP contribution is -2.24. The largest absolute Gasteiger partial charge is 0.310 e. The first-order chi connectivity index (χ1) is 59.1. The highest BCUT2D eigenvalue weighted by atomic mass is 32.1. The smallest absolute Gasteiger partial charge is 0.0540 e. The van der Waals surface area contributed by atoms with Gasteiger partial charge in [-0.3, -0.25) is 0 Å². The van der Waals surface area contributed by atoms with Gasteiger partial charge in [-0.15, -0.1) is 22.7 Å². The summed E-state index contributed by atoms with van der Waals surface area (Å²) >= 11 is 3.96. The van der Waals surface area contributed by atoms with Crippen LogP contribution in [0.2, 0.25) is 0 Å². The van der Waals surface area contributed by atoms with Gasteiger partial charge in [-0.1, -0.05) is 353 Å². The van der Waals surface area contributed by atoms with E-state index in [0.717, 1.165) is 17.1 Å². The van der Waals surface area contributed by atoms with Crippen LogP contribution < -0.4 is 4.90 Å². The second kappa shape index (κ2) is 25.5. The van der Waals surface area contributed by atoms with E-state index < -0.39 is 21.7 Å². The van der Waals surface area contributed by atoms with E-state index in [1.807, 2.05) is 22.7 Å². The molecule has 121 heavy (non-hydrogen) atoms. The molecule has 0 unspecified atom stereocenters. The minimum absolute atomic E-state index is 0.394. The topological polar surface area (TPSA) is 3.24 Å². The Bertz CT molecular complexity index is 7580.